The molecule has 0 fully saturated rings. The molecule has 1 rings (SSSR count). The molecule has 0 saturated heterocycles. The summed E-state index contributed by atoms with van der Waals surface area (Å²) < 4.78 is 0. The van der Waals surface area contributed by atoms with Gasteiger partial charge in [0.15, 0.2) is 0 Å². The molecule has 3 amide bonds. The number of anilines is 1. The van der Waals surface area contributed by atoms with Crippen molar-refractivity contribution in [2.24, 2.45) is 11.5 Å². The van der Waals surface area contributed by atoms with Gasteiger partial charge in [0.25, 0.3) is 5.91 Å². The van der Waals surface area contributed by atoms with Crippen LogP contribution in [-0.2, 0) is 0 Å². The van der Waals surface area contributed by atoms with Crippen molar-refractivity contribution in [1.29, 1.82) is 0 Å². The predicted molar refractivity (Wildman–Crippen MR) is 79.5 cm³/mol. The smallest absolute Gasteiger partial charge is 0.316 e. The van der Waals surface area contributed by atoms with E-state index >= 15 is 0 Å². The van der Waals surface area contributed by atoms with Gasteiger partial charge in [0.1, 0.15) is 0 Å². The molecule has 1 aromatic rings. The van der Waals surface area contributed by atoms with Crippen molar-refractivity contribution in [2.45, 2.75) is 32.2 Å². The third-order valence-corrected chi connectivity index (χ3v) is 3.40. The van der Waals surface area contributed by atoms with Gasteiger partial charge in [0.2, 0.25) is 0 Å². The molecule has 6 N–H and O–H groups in total. The number of carbonyl (C=O) groups is 2. The highest BCUT2D eigenvalue weighted by atomic mass is 16.2. The van der Waals surface area contributed by atoms with Gasteiger partial charge in [-0.1, -0.05) is 19.9 Å². The topological polar surface area (TPSA) is 110 Å². The summed E-state index contributed by atoms with van der Waals surface area (Å²) in [4.78, 5) is 22.8. The van der Waals surface area contributed by atoms with Crippen LogP contribution in [-0.4, -0.2) is 24.0 Å². The van der Waals surface area contributed by atoms with Crippen molar-refractivity contribution in [3.05, 3.63) is 29.8 Å². The lowest BCUT2D eigenvalue weighted by Crippen LogP contribution is -2.49. The van der Waals surface area contributed by atoms with Crippen molar-refractivity contribution in [1.82, 2.24) is 5.32 Å². The zero-order valence-electron chi connectivity index (χ0n) is 11.9. The van der Waals surface area contributed by atoms with Crippen LogP contribution >= 0.6 is 0 Å². The Bertz CT molecular complexity index is 484. The van der Waals surface area contributed by atoms with Crippen LogP contribution in [0.4, 0.5) is 10.5 Å². The van der Waals surface area contributed by atoms with Crippen LogP contribution in [0.5, 0.6) is 0 Å². The average molecular weight is 278 g/mol. The number of nitrogens with one attached hydrogen (secondary N) is 2. The van der Waals surface area contributed by atoms with Gasteiger partial charge in [0, 0.05) is 23.3 Å². The molecule has 0 heterocycles. The van der Waals surface area contributed by atoms with Crippen LogP contribution in [0.15, 0.2) is 24.3 Å². The summed E-state index contributed by atoms with van der Waals surface area (Å²) in [7, 11) is 0. The molecule has 0 aromatic heterocycles. The summed E-state index contributed by atoms with van der Waals surface area (Å²) in [6.45, 7) is 4.40. The van der Waals surface area contributed by atoms with E-state index < -0.39 is 11.6 Å². The van der Waals surface area contributed by atoms with E-state index in [1.807, 2.05) is 13.8 Å². The van der Waals surface area contributed by atoms with E-state index in [1.54, 1.807) is 24.3 Å². The van der Waals surface area contributed by atoms with E-state index in [0.29, 0.717) is 17.8 Å². The Balaban J connectivity index is 2.70. The Hall–Kier alpha value is -2.08. The number of urea groups is 1. The lowest BCUT2D eigenvalue weighted by Gasteiger charge is -2.26. The summed E-state index contributed by atoms with van der Waals surface area (Å²) in [6.07, 6.45) is 1.57. The van der Waals surface area contributed by atoms with Crippen LogP contribution in [0, 0.1) is 0 Å². The molecule has 0 aliphatic carbocycles. The van der Waals surface area contributed by atoms with Gasteiger partial charge in [-0.25, -0.2) is 4.79 Å². The van der Waals surface area contributed by atoms with E-state index in [9.17, 15) is 9.59 Å². The number of carbonyl (C=O) groups excluding carboxylic acids is 2. The minimum Gasteiger partial charge on any atom is -0.351 e. The van der Waals surface area contributed by atoms with Gasteiger partial charge in [-0.05, 0) is 31.0 Å². The Morgan fingerprint density at radius 3 is 2.45 bits per heavy atom. The highest BCUT2D eigenvalue weighted by Gasteiger charge is 2.21. The van der Waals surface area contributed by atoms with E-state index in [4.69, 9.17) is 11.5 Å². The number of amides is 3. The molecule has 1 aromatic carbocycles. The summed E-state index contributed by atoms with van der Waals surface area (Å²) in [5, 5.41) is 5.24. The first-order chi connectivity index (χ1) is 9.40. The first kappa shape index (κ1) is 16.0. The fraction of sp³-hybridized carbons (Fsp3) is 0.429. The number of nitrogens with two attached hydrogens (primary N) is 2. The van der Waals surface area contributed by atoms with Crippen molar-refractivity contribution in [3.8, 4) is 0 Å². The largest absolute Gasteiger partial charge is 0.351 e. The summed E-state index contributed by atoms with van der Waals surface area (Å²) >= 11 is 0. The van der Waals surface area contributed by atoms with Crippen LogP contribution in [0.3, 0.4) is 0 Å². The Labute approximate surface area is 118 Å². The van der Waals surface area contributed by atoms with Crippen LogP contribution < -0.4 is 22.1 Å². The monoisotopic (exact) mass is 278 g/mol. The van der Waals surface area contributed by atoms with Gasteiger partial charge < -0.3 is 22.1 Å². The van der Waals surface area contributed by atoms with Crippen LogP contribution in [0.2, 0.25) is 0 Å². The van der Waals surface area contributed by atoms with Crippen molar-refractivity contribution in [2.75, 3.05) is 11.9 Å². The molecule has 110 valence electrons. The van der Waals surface area contributed by atoms with Gasteiger partial charge in [-0.3, -0.25) is 4.79 Å². The van der Waals surface area contributed by atoms with E-state index in [-0.39, 0.29) is 5.91 Å². The number of primary amides is 1. The normalized spacial score (nSPS) is 10.9. The summed E-state index contributed by atoms with van der Waals surface area (Å²) in [5.41, 5.74) is 11.7. The van der Waals surface area contributed by atoms with E-state index in [0.717, 1.165) is 12.8 Å². The highest BCUT2D eigenvalue weighted by molar-refractivity contribution is 5.96. The fourth-order valence-corrected chi connectivity index (χ4v) is 1.74. The molecule has 0 unspecified atom stereocenters. The number of hydrogen-bond acceptors (Lipinski definition) is 3. The molecule has 0 saturated carbocycles. The van der Waals surface area contributed by atoms with Gasteiger partial charge >= 0.3 is 6.03 Å². The predicted octanol–water partition coefficient (Wildman–Crippen LogP) is 1.42. The highest BCUT2D eigenvalue weighted by Crippen LogP contribution is 2.12. The Morgan fingerprint density at radius 2 is 1.90 bits per heavy atom. The summed E-state index contributed by atoms with van der Waals surface area (Å²) in [6, 6.07) is 5.90. The quantitative estimate of drug-likeness (QED) is 0.631. The number of hydrogen-bond donors (Lipinski definition) is 4. The van der Waals surface area contributed by atoms with Gasteiger partial charge in [0.05, 0.1) is 0 Å². The average Bonchev–Trinajstić information content (AvgIpc) is 2.44. The van der Waals surface area contributed by atoms with Crippen molar-refractivity contribution >= 4 is 17.6 Å². The van der Waals surface area contributed by atoms with E-state index in [2.05, 4.69) is 10.6 Å². The molecular formula is C14H22N4O2. The van der Waals surface area contributed by atoms with E-state index in [1.165, 1.54) is 0 Å². The van der Waals surface area contributed by atoms with Gasteiger partial charge in [-0.2, -0.15) is 0 Å². The second-order valence-corrected chi connectivity index (χ2v) is 4.82. The summed E-state index contributed by atoms with van der Waals surface area (Å²) in [5.74, 6) is -0.227. The zero-order valence-corrected chi connectivity index (χ0v) is 11.9. The van der Waals surface area contributed by atoms with Crippen molar-refractivity contribution < 1.29 is 9.59 Å². The van der Waals surface area contributed by atoms with Crippen LogP contribution in [0.1, 0.15) is 37.0 Å². The minimum absolute atomic E-state index is 0.227. The molecule has 0 spiro atoms. The first-order valence-corrected chi connectivity index (χ1v) is 6.64. The molecule has 0 atom stereocenters. The lowest BCUT2D eigenvalue weighted by molar-refractivity contribution is 0.0942. The second-order valence-electron chi connectivity index (χ2n) is 4.82. The van der Waals surface area contributed by atoms with Gasteiger partial charge in [-0.15, -0.1) is 0 Å². The maximum Gasteiger partial charge on any atom is 0.316 e. The third kappa shape index (κ3) is 4.55. The maximum atomic E-state index is 12.1. The standard InChI is InChI=1S/C14H22N4O2/c1-3-14(16,4-2)9-17-12(19)10-6-5-7-11(8-10)18-13(15)20/h5-8H,3-4,9,16H2,1-2H3,(H,17,19)(H3,15,18,20). The molecular weight excluding hydrogens is 256 g/mol. The molecule has 0 radical (unpaired) electrons. The minimum atomic E-state index is -0.666. The van der Waals surface area contributed by atoms with Crippen LogP contribution in [0.25, 0.3) is 0 Å². The molecule has 6 heteroatoms. The maximum absolute atomic E-state index is 12.1. The zero-order chi connectivity index (χ0) is 15.2. The van der Waals surface area contributed by atoms with Crippen molar-refractivity contribution in [3.63, 3.8) is 0 Å². The SMILES string of the molecule is CCC(N)(CC)CNC(=O)c1cccc(NC(N)=O)c1. The molecule has 0 aliphatic heterocycles. The fourth-order valence-electron chi connectivity index (χ4n) is 1.74. The first-order valence-electron chi connectivity index (χ1n) is 6.64. The molecule has 6 nitrogen and oxygen atoms in total. The third-order valence-electron chi connectivity index (χ3n) is 3.40. The number of benzene rings is 1. The lowest BCUT2D eigenvalue weighted by atomic mass is 9.94. The second kappa shape index (κ2) is 6.91. The Morgan fingerprint density at radius 1 is 1.25 bits per heavy atom. The molecule has 0 bridgehead atoms. The number of rotatable bonds is 6. The molecule has 20 heavy (non-hydrogen) atoms. The molecule has 0 aliphatic rings. The Kier molecular flexibility index (Phi) is 5.52.